The molecular formula is C47H29N3S. The Morgan fingerprint density at radius 3 is 1.90 bits per heavy atom. The van der Waals surface area contributed by atoms with E-state index >= 15 is 0 Å². The summed E-state index contributed by atoms with van der Waals surface area (Å²) in [4.78, 5) is 12.8. The van der Waals surface area contributed by atoms with Crippen molar-refractivity contribution in [1.29, 1.82) is 0 Å². The van der Waals surface area contributed by atoms with E-state index in [1.54, 1.807) is 0 Å². The van der Waals surface area contributed by atoms with Crippen molar-refractivity contribution < 1.29 is 0 Å². The van der Waals surface area contributed by atoms with Gasteiger partial charge in [-0.15, -0.1) is 0 Å². The highest BCUT2D eigenvalue weighted by molar-refractivity contribution is 7.99. The monoisotopic (exact) mass is 667 g/mol. The summed E-state index contributed by atoms with van der Waals surface area (Å²) in [5.74, 6) is 0.722. The predicted molar refractivity (Wildman–Crippen MR) is 209 cm³/mol. The van der Waals surface area contributed by atoms with E-state index in [4.69, 9.17) is 9.97 Å². The van der Waals surface area contributed by atoms with Crippen LogP contribution >= 0.6 is 11.8 Å². The van der Waals surface area contributed by atoms with Crippen LogP contribution < -0.4 is 0 Å². The van der Waals surface area contributed by atoms with Crippen molar-refractivity contribution in [2.24, 2.45) is 0 Å². The van der Waals surface area contributed by atoms with E-state index in [-0.39, 0.29) is 0 Å². The maximum atomic E-state index is 5.19. The Balaban J connectivity index is 1.20. The fourth-order valence-corrected chi connectivity index (χ4v) is 9.79. The minimum atomic E-state index is -0.508. The Bertz CT molecular complexity index is 2780. The van der Waals surface area contributed by atoms with Gasteiger partial charge in [-0.3, -0.25) is 0 Å². The molecule has 1 unspecified atom stereocenters. The Labute approximate surface area is 299 Å². The Kier molecular flexibility index (Phi) is 6.10. The molecule has 0 radical (unpaired) electrons. The molecule has 0 bridgehead atoms. The summed E-state index contributed by atoms with van der Waals surface area (Å²) in [6.07, 6.45) is 0. The van der Waals surface area contributed by atoms with Gasteiger partial charge in [0.05, 0.1) is 33.5 Å². The van der Waals surface area contributed by atoms with Crippen LogP contribution in [0.2, 0.25) is 0 Å². The second-order valence-corrected chi connectivity index (χ2v) is 14.4. The third-order valence-corrected chi connectivity index (χ3v) is 11.8. The van der Waals surface area contributed by atoms with E-state index in [0.29, 0.717) is 0 Å². The van der Waals surface area contributed by atoms with Gasteiger partial charge in [0, 0.05) is 37.3 Å². The number of hydrogen-bond donors (Lipinski definition) is 0. The molecule has 238 valence electrons. The first-order valence-corrected chi connectivity index (χ1v) is 18.2. The molecule has 1 spiro atoms. The van der Waals surface area contributed by atoms with Crippen LogP contribution in [-0.4, -0.2) is 14.5 Å². The average molecular weight is 668 g/mol. The molecule has 11 rings (SSSR count). The Morgan fingerprint density at radius 2 is 1.06 bits per heavy atom. The largest absolute Gasteiger partial charge is 0.309 e. The van der Waals surface area contributed by atoms with Crippen LogP contribution in [0.15, 0.2) is 186 Å². The number of benzene rings is 7. The maximum Gasteiger partial charge on any atom is 0.160 e. The molecule has 2 aliphatic heterocycles. The van der Waals surface area contributed by atoms with Crippen molar-refractivity contribution in [2.75, 3.05) is 0 Å². The Hall–Kier alpha value is -6.23. The van der Waals surface area contributed by atoms with Crippen LogP contribution in [0.1, 0.15) is 22.3 Å². The van der Waals surface area contributed by atoms with Gasteiger partial charge >= 0.3 is 0 Å². The van der Waals surface area contributed by atoms with Crippen molar-refractivity contribution >= 4 is 33.6 Å². The minimum absolute atomic E-state index is 0.508. The summed E-state index contributed by atoms with van der Waals surface area (Å²) < 4.78 is 2.50. The molecule has 4 heteroatoms. The van der Waals surface area contributed by atoms with Crippen LogP contribution in [0.4, 0.5) is 0 Å². The molecule has 0 fully saturated rings. The zero-order chi connectivity index (χ0) is 33.5. The van der Waals surface area contributed by atoms with Gasteiger partial charge in [-0.2, -0.15) is 0 Å². The molecule has 51 heavy (non-hydrogen) atoms. The van der Waals surface area contributed by atoms with Gasteiger partial charge in [-0.05, 0) is 52.6 Å². The smallest absolute Gasteiger partial charge is 0.160 e. The lowest BCUT2D eigenvalue weighted by Crippen LogP contribution is -2.37. The van der Waals surface area contributed by atoms with Gasteiger partial charge in [-0.25, -0.2) is 9.97 Å². The maximum absolute atomic E-state index is 5.19. The van der Waals surface area contributed by atoms with E-state index in [9.17, 15) is 0 Å². The third-order valence-electron chi connectivity index (χ3n) is 10.7. The van der Waals surface area contributed by atoms with E-state index in [1.807, 2.05) is 36.0 Å². The van der Waals surface area contributed by atoms with Crippen molar-refractivity contribution in [3.63, 3.8) is 0 Å². The molecule has 0 saturated heterocycles. The van der Waals surface area contributed by atoms with E-state index in [1.165, 1.54) is 59.5 Å². The summed E-state index contributed by atoms with van der Waals surface area (Å²) in [7, 11) is 0. The lowest BCUT2D eigenvalue weighted by atomic mass is 9.62. The second kappa shape index (κ2) is 10.9. The predicted octanol–water partition coefficient (Wildman–Crippen LogP) is 11.7. The van der Waals surface area contributed by atoms with Gasteiger partial charge in [-0.1, -0.05) is 157 Å². The Morgan fingerprint density at radius 1 is 0.431 bits per heavy atom. The summed E-state index contributed by atoms with van der Waals surface area (Å²) >= 11 is 1.86. The number of fused-ring (bicyclic) bond motifs is 11. The normalized spacial score (nSPS) is 15.5. The third kappa shape index (κ3) is 4.02. The molecule has 1 atom stereocenters. The molecule has 7 aromatic carbocycles. The molecule has 9 aromatic rings. The minimum Gasteiger partial charge on any atom is -0.309 e. The van der Waals surface area contributed by atoms with E-state index < -0.39 is 5.41 Å². The first-order chi connectivity index (χ1) is 25.3. The van der Waals surface area contributed by atoms with Crippen molar-refractivity contribution in [2.45, 2.75) is 15.2 Å². The molecule has 0 saturated carbocycles. The highest BCUT2D eigenvalue weighted by Gasteiger charge is 2.49. The average Bonchev–Trinajstić information content (AvgIpc) is 3.55. The van der Waals surface area contributed by atoms with Gasteiger partial charge in [0.15, 0.2) is 5.82 Å². The molecule has 2 aliphatic rings. The summed E-state index contributed by atoms with van der Waals surface area (Å²) in [5.41, 5.74) is 13.4. The molecular weight excluding hydrogens is 639 g/mol. The molecule has 2 aromatic heterocycles. The molecule has 3 nitrogen and oxygen atoms in total. The molecule has 0 N–H and O–H groups in total. The molecule has 0 aliphatic carbocycles. The fraction of sp³-hybridized carbons (Fsp3) is 0.0213. The van der Waals surface area contributed by atoms with Crippen molar-refractivity contribution in [3.05, 3.63) is 198 Å². The molecule has 4 heterocycles. The number of hydrogen-bond acceptors (Lipinski definition) is 3. The number of rotatable bonds is 3. The zero-order valence-electron chi connectivity index (χ0n) is 27.5. The first kappa shape index (κ1) is 28.6. The van der Waals surface area contributed by atoms with Crippen LogP contribution in [0.25, 0.3) is 61.4 Å². The van der Waals surface area contributed by atoms with E-state index in [0.717, 1.165) is 33.9 Å². The van der Waals surface area contributed by atoms with Gasteiger partial charge in [0.25, 0.3) is 0 Å². The summed E-state index contributed by atoms with van der Waals surface area (Å²) in [6.45, 7) is 0. The lowest BCUT2D eigenvalue weighted by Gasteiger charge is -2.45. The van der Waals surface area contributed by atoms with Crippen molar-refractivity contribution in [3.8, 4) is 39.6 Å². The molecule has 0 amide bonds. The summed E-state index contributed by atoms with van der Waals surface area (Å²) in [5, 5.41) is 2.57. The standard InChI is InChI=1S/C47H29N3S/c1-3-14-30(15-4-1)39-29-40(49-46(48-39)31-16-5-2-6-17-31)32-26-27-37-44(28-32)51-43-25-12-9-21-36(43)47(37)35-20-8-11-24-42(35)50-41-23-10-7-18-33(41)34-19-13-22-38(47)45(34)50/h1-29H. The first-order valence-electron chi connectivity index (χ1n) is 17.3. The summed E-state index contributed by atoms with van der Waals surface area (Å²) in [6, 6.07) is 63.6. The lowest BCUT2D eigenvalue weighted by molar-refractivity contribution is 0.689. The number of nitrogens with zero attached hydrogens (tertiary/aromatic N) is 3. The van der Waals surface area contributed by atoms with Crippen LogP contribution in [0.3, 0.4) is 0 Å². The SMILES string of the molecule is c1ccc(-c2cc(-c3ccc4c(c3)Sc3ccccc3C43c4ccccc4-n4c5ccccc5c5cccc3c54)nc(-c3ccccc3)n2)cc1. The highest BCUT2D eigenvalue weighted by Crippen LogP contribution is 2.60. The van der Waals surface area contributed by atoms with Gasteiger partial charge < -0.3 is 4.57 Å². The number of aromatic nitrogens is 3. The van der Waals surface area contributed by atoms with Crippen LogP contribution in [0.5, 0.6) is 0 Å². The van der Waals surface area contributed by atoms with Crippen LogP contribution in [-0.2, 0) is 5.41 Å². The van der Waals surface area contributed by atoms with Crippen LogP contribution in [0, 0.1) is 0 Å². The fourth-order valence-electron chi connectivity index (χ4n) is 8.56. The zero-order valence-corrected chi connectivity index (χ0v) is 28.3. The quantitative estimate of drug-likeness (QED) is 0.188. The topological polar surface area (TPSA) is 30.7 Å². The van der Waals surface area contributed by atoms with Crippen molar-refractivity contribution in [1.82, 2.24) is 14.5 Å². The van der Waals surface area contributed by atoms with Gasteiger partial charge in [0.1, 0.15) is 0 Å². The van der Waals surface area contributed by atoms with Gasteiger partial charge in [0.2, 0.25) is 0 Å². The highest BCUT2D eigenvalue weighted by atomic mass is 32.2. The second-order valence-electron chi connectivity index (χ2n) is 13.3. The van der Waals surface area contributed by atoms with E-state index in [2.05, 4.69) is 156 Å². The number of para-hydroxylation sites is 3.